The molecule has 0 bridgehead atoms. The summed E-state index contributed by atoms with van der Waals surface area (Å²) in [5.74, 6) is -0.772. The Balaban J connectivity index is 1.31. The summed E-state index contributed by atoms with van der Waals surface area (Å²) in [5, 5.41) is 0. The Morgan fingerprint density at radius 3 is 2.08 bits per heavy atom. The molecular formula is C31H40F4O. The molecule has 0 spiro atoms. The van der Waals surface area contributed by atoms with Crippen molar-refractivity contribution in [2.45, 2.75) is 102 Å². The highest BCUT2D eigenvalue weighted by atomic mass is 19.3. The van der Waals surface area contributed by atoms with Gasteiger partial charge in [0.25, 0.3) is 0 Å². The van der Waals surface area contributed by atoms with E-state index in [-0.39, 0.29) is 24.5 Å². The van der Waals surface area contributed by atoms with Crippen LogP contribution in [-0.4, -0.2) is 6.61 Å². The molecule has 0 aromatic heterocycles. The summed E-state index contributed by atoms with van der Waals surface area (Å²) in [6.07, 6.45) is 7.31. The Labute approximate surface area is 213 Å². The second-order valence-electron chi connectivity index (χ2n) is 11.2. The summed E-state index contributed by atoms with van der Waals surface area (Å²) < 4.78 is 63.6. The lowest BCUT2D eigenvalue weighted by molar-refractivity contribution is -0.249. The van der Waals surface area contributed by atoms with E-state index in [1.165, 1.54) is 50.2 Å². The molecule has 0 N–H and O–H groups in total. The van der Waals surface area contributed by atoms with Gasteiger partial charge in [0.15, 0.2) is 11.6 Å². The van der Waals surface area contributed by atoms with Crippen molar-refractivity contribution in [2.24, 2.45) is 11.8 Å². The first kappa shape index (κ1) is 27.2. The van der Waals surface area contributed by atoms with Gasteiger partial charge in [-0.3, -0.25) is 0 Å². The molecule has 4 rings (SSSR count). The molecule has 2 saturated carbocycles. The Morgan fingerprint density at radius 1 is 0.806 bits per heavy atom. The molecule has 5 heteroatoms. The number of hydrogen-bond acceptors (Lipinski definition) is 1. The third kappa shape index (κ3) is 6.51. The van der Waals surface area contributed by atoms with Crippen molar-refractivity contribution in [3.05, 3.63) is 70.3 Å². The zero-order valence-corrected chi connectivity index (χ0v) is 21.7. The summed E-state index contributed by atoms with van der Waals surface area (Å²) in [5.41, 5.74) is 1.38. The minimum absolute atomic E-state index is 0.117. The maximum atomic E-state index is 14.7. The van der Waals surface area contributed by atoms with Crippen molar-refractivity contribution in [3.63, 3.8) is 0 Å². The Hall–Kier alpha value is -1.88. The highest BCUT2D eigenvalue weighted by Gasteiger charge is 2.38. The second kappa shape index (κ2) is 12.1. The molecule has 198 valence electrons. The maximum absolute atomic E-state index is 14.7. The lowest BCUT2D eigenvalue weighted by Crippen LogP contribution is -2.23. The number of rotatable bonds is 9. The minimum atomic E-state index is -3.89. The maximum Gasteiger partial charge on any atom is 0.386 e. The molecule has 0 saturated heterocycles. The van der Waals surface area contributed by atoms with Crippen LogP contribution in [0.1, 0.15) is 112 Å². The largest absolute Gasteiger partial charge is 0.386 e. The standard InChI is InChI=1S/C31H40F4O/c1-3-4-22-7-13-24(14-8-22)25-15-9-23(10-16-25)19-20-36-31(34,35)28-18-17-27(29(32)30(28)33)26-11-5-21(2)6-12-26/h9-10,15-18,21-22,24,26H,3-8,11-14,19-20H2,1-2H3. The Kier molecular flexibility index (Phi) is 9.14. The van der Waals surface area contributed by atoms with Gasteiger partial charge in [0.2, 0.25) is 0 Å². The zero-order valence-electron chi connectivity index (χ0n) is 21.7. The van der Waals surface area contributed by atoms with E-state index in [4.69, 9.17) is 4.74 Å². The van der Waals surface area contributed by atoms with Crippen LogP contribution in [0.2, 0.25) is 0 Å². The first-order valence-corrected chi connectivity index (χ1v) is 13.9. The van der Waals surface area contributed by atoms with Crippen LogP contribution in [-0.2, 0) is 17.3 Å². The van der Waals surface area contributed by atoms with Crippen LogP contribution in [0.25, 0.3) is 0 Å². The number of ether oxygens (including phenoxy) is 1. The Morgan fingerprint density at radius 2 is 1.44 bits per heavy atom. The van der Waals surface area contributed by atoms with Crippen LogP contribution >= 0.6 is 0 Å². The van der Waals surface area contributed by atoms with E-state index in [2.05, 4.69) is 26.0 Å². The quantitative estimate of drug-likeness (QED) is 0.309. The Bertz CT molecular complexity index is 971. The molecule has 0 aliphatic heterocycles. The van der Waals surface area contributed by atoms with E-state index in [0.29, 0.717) is 11.8 Å². The molecule has 1 nitrogen and oxygen atoms in total. The minimum Gasteiger partial charge on any atom is -0.316 e. The predicted molar refractivity (Wildman–Crippen MR) is 136 cm³/mol. The molecule has 0 unspecified atom stereocenters. The van der Waals surface area contributed by atoms with Crippen molar-refractivity contribution >= 4 is 0 Å². The molecule has 36 heavy (non-hydrogen) atoms. The molecule has 2 aromatic carbocycles. The molecule has 0 heterocycles. The fourth-order valence-corrected chi connectivity index (χ4v) is 6.20. The van der Waals surface area contributed by atoms with Gasteiger partial charge in [-0.1, -0.05) is 69.9 Å². The second-order valence-corrected chi connectivity index (χ2v) is 11.2. The van der Waals surface area contributed by atoms with Crippen molar-refractivity contribution < 1.29 is 22.3 Å². The van der Waals surface area contributed by atoms with Gasteiger partial charge >= 0.3 is 6.11 Å². The lowest BCUT2D eigenvalue weighted by atomic mass is 9.77. The van der Waals surface area contributed by atoms with Crippen LogP contribution < -0.4 is 0 Å². The number of benzene rings is 2. The van der Waals surface area contributed by atoms with Crippen molar-refractivity contribution in [1.82, 2.24) is 0 Å². The van der Waals surface area contributed by atoms with Crippen molar-refractivity contribution in [1.29, 1.82) is 0 Å². The first-order chi connectivity index (χ1) is 17.3. The highest BCUT2D eigenvalue weighted by molar-refractivity contribution is 5.31. The molecular weight excluding hydrogens is 464 g/mol. The normalized spacial score (nSPS) is 25.2. The fourth-order valence-electron chi connectivity index (χ4n) is 6.20. The average Bonchev–Trinajstić information content (AvgIpc) is 2.87. The van der Waals surface area contributed by atoms with E-state index in [1.54, 1.807) is 0 Å². The fraction of sp³-hybridized carbons (Fsp3) is 0.613. The molecule has 0 atom stereocenters. The van der Waals surface area contributed by atoms with Crippen LogP contribution in [0.15, 0.2) is 36.4 Å². The van der Waals surface area contributed by atoms with Crippen molar-refractivity contribution in [3.8, 4) is 0 Å². The van der Waals surface area contributed by atoms with Gasteiger partial charge in [0.1, 0.15) is 0 Å². The van der Waals surface area contributed by atoms with Crippen molar-refractivity contribution in [2.75, 3.05) is 6.61 Å². The zero-order chi connectivity index (χ0) is 25.7. The van der Waals surface area contributed by atoms with Crippen LogP contribution in [0.3, 0.4) is 0 Å². The summed E-state index contributed by atoms with van der Waals surface area (Å²) in [4.78, 5) is 0. The molecule has 0 amide bonds. The SMILES string of the molecule is CCCC1CCC(c2ccc(CCOC(F)(F)c3ccc(C4CCC(C)CC4)c(F)c3F)cc2)CC1. The van der Waals surface area contributed by atoms with Crippen LogP contribution in [0, 0.1) is 23.5 Å². The van der Waals surface area contributed by atoms with Gasteiger partial charge in [-0.2, -0.15) is 8.78 Å². The smallest absolute Gasteiger partial charge is 0.316 e. The third-order valence-electron chi connectivity index (χ3n) is 8.55. The average molecular weight is 505 g/mol. The molecule has 0 radical (unpaired) electrons. The molecule has 2 fully saturated rings. The summed E-state index contributed by atoms with van der Waals surface area (Å²) in [6.45, 7) is 4.10. The van der Waals surface area contributed by atoms with E-state index >= 15 is 0 Å². The first-order valence-electron chi connectivity index (χ1n) is 13.9. The molecule has 2 aliphatic rings. The van der Waals surface area contributed by atoms with Gasteiger partial charge < -0.3 is 4.74 Å². The summed E-state index contributed by atoms with van der Waals surface area (Å²) in [6, 6.07) is 10.4. The van der Waals surface area contributed by atoms with Gasteiger partial charge in [-0.25, -0.2) is 8.78 Å². The van der Waals surface area contributed by atoms with Gasteiger partial charge in [-0.15, -0.1) is 0 Å². The molecule has 2 aromatic rings. The topological polar surface area (TPSA) is 9.23 Å². The van der Waals surface area contributed by atoms with E-state index in [0.717, 1.165) is 43.2 Å². The van der Waals surface area contributed by atoms with E-state index < -0.39 is 23.3 Å². The van der Waals surface area contributed by atoms with E-state index in [1.807, 2.05) is 12.1 Å². The van der Waals surface area contributed by atoms with Gasteiger partial charge in [0, 0.05) is 0 Å². The van der Waals surface area contributed by atoms with Crippen LogP contribution in [0.5, 0.6) is 0 Å². The number of alkyl halides is 2. The van der Waals surface area contributed by atoms with Crippen LogP contribution in [0.4, 0.5) is 17.6 Å². The number of hydrogen-bond donors (Lipinski definition) is 0. The molecule has 2 aliphatic carbocycles. The lowest BCUT2D eigenvalue weighted by Gasteiger charge is -2.28. The number of halogens is 4. The summed E-state index contributed by atoms with van der Waals surface area (Å²) in [7, 11) is 0. The highest BCUT2D eigenvalue weighted by Crippen LogP contribution is 2.40. The monoisotopic (exact) mass is 504 g/mol. The third-order valence-corrected chi connectivity index (χ3v) is 8.55. The van der Waals surface area contributed by atoms with E-state index in [9.17, 15) is 17.6 Å². The van der Waals surface area contributed by atoms with Gasteiger partial charge in [-0.05, 0) is 91.4 Å². The van der Waals surface area contributed by atoms with Gasteiger partial charge in [0.05, 0.1) is 12.2 Å². The predicted octanol–water partition coefficient (Wildman–Crippen LogP) is 9.64. The summed E-state index contributed by atoms with van der Waals surface area (Å²) >= 11 is 0.